The Morgan fingerprint density at radius 3 is 2.38 bits per heavy atom. The van der Waals surface area contributed by atoms with Gasteiger partial charge >= 0.3 is 0 Å². The summed E-state index contributed by atoms with van der Waals surface area (Å²) in [4.78, 5) is 4.52. The first-order chi connectivity index (χ1) is 16.7. The quantitative estimate of drug-likeness (QED) is 0.243. The number of nitrogens with zero attached hydrogens (tertiary/aromatic N) is 5. The summed E-state index contributed by atoms with van der Waals surface area (Å²) in [5.41, 5.74) is 2.08. The van der Waals surface area contributed by atoms with Crippen molar-refractivity contribution in [3.8, 4) is 11.4 Å². The van der Waals surface area contributed by atoms with Gasteiger partial charge in [0.25, 0.3) is 0 Å². The van der Waals surface area contributed by atoms with E-state index in [-0.39, 0.29) is 6.61 Å². The average molecular weight is 490 g/mol. The van der Waals surface area contributed by atoms with E-state index < -0.39 is 0 Å². The van der Waals surface area contributed by atoms with Gasteiger partial charge in [-0.2, -0.15) is 4.98 Å². The molecule has 0 bridgehead atoms. The van der Waals surface area contributed by atoms with Crippen molar-refractivity contribution in [3.05, 3.63) is 113 Å². The molecule has 170 valence electrons. The predicted octanol–water partition coefficient (Wildman–Crippen LogP) is 5.77. The lowest BCUT2D eigenvalue weighted by molar-refractivity contribution is 0.293. The van der Waals surface area contributed by atoms with Crippen molar-refractivity contribution in [2.75, 3.05) is 0 Å². The second-order valence-corrected chi connectivity index (χ2v) is 8.75. The fraction of sp³-hybridized carbons (Fsp3) is 0.120. The second kappa shape index (κ2) is 10.5. The fourth-order valence-corrected chi connectivity index (χ4v) is 4.26. The first-order valence-corrected chi connectivity index (χ1v) is 12.0. The number of rotatable bonds is 9. The number of aromatic nitrogens is 5. The molecule has 0 radical (unpaired) electrons. The van der Waals surface area contributed by atoms with Crippen molar-refractivity contribution < 1.29 is 9.26 Å². The van der Waals surface area contributed by atoms with Crippen molar-refractivity contribution >= 4 is 23.4 Å². The average Bonchev–Trinajstić information content (AvgIpc) is 3.50. The zero-order chi connectivity index (χ0) is 23.2. The summed E-state index contributed by atoms with van der Waals surface area (Å²) in [7, 11) is 0. The molecular weight excluding hydrogens is 470 g/mol. The Labute approximate surface area is 205 Å². The van der Waals surface area contributed by atoms with Crippen LogP contribution < -0.4 is 4.74 Å². The molecule has 0 atom stereocenters. The zero-order valence-electron chi connectivity index (χ0n) is 18.0. The van der Waals surface area contributed by atoms with Gasteiger partial charge in [-0.15, -0.1) is 10.2 Å². The lowest BCUT2D eigenvalue weighted by Gasteiger charge is -2.10. The van der Waals surface area contributed by atoms with Gasteiger partial charge < -0.3 is 9.26 Å². The molecule has 0 saturated heterocycles. The minimum atomic E-state index is 0.256. The number of halogens is 1. The molecule has 2 aromatic heterocycles. The smallest absolute Gasteiger partial charge is 0.237 e. The minimum Gasteiger partial charge on any atom is -0.486 e. The molecule has 0 amide bonds. The van der Waals surface area contributed by atoms with Gasteiger partial charge in [0.1, 0.15) is 12.4 Å². The largest absolute Gasteiger partial charge is 0.486 e. The maximum atomic E-state index is 5.96. The number of ether oxygens (including phenoxy) is 1. The molecule has 3 aromatic carbocycles. The molecule has 0 fully saturated rings. The molecule has 2 heterocycles. The summed E-state index contributed by atoms with van der Waals surface area (Å²) >= 11 is 7.44. The summed E-state index contributed by atoms with van der Waals surface area (Å²) in [6, 6.07) is 27.2. The lowest BCUT2D eigenvalue weighted by atomic mass is 10.1. The van der Waals surface area contributed by atoms with E-state index in [1.165, 1.54) is 11.8 Å². The van der Waals surface area contributed by atoms with Crippen LogP contribution in [0.15, 0.2) is 94.6 Å². The molecule has 0 unspecified atom stereocenters. The van der Waals surface area contributed by atoms with Crippen LogP contribution >= 0.6 is 23.4 Å². The molecule has 5 rings (SSSR count). The van der Waals surface area contributed by atoms with E-state index in [1.54, 1.807) is 12.1 Å². The van der Waals surface area contributed by atoms with Gasteiger partial charge in [-0.05, 0) is 42.0 Å². The Morgan fingerprint density at radius 2 is 1.62 bits per heavy atom. The lowest BCUT2D eigenvalue weighted by Crippen LogP contribution is -2.06. The summed E-state index contributed by atoms with van der Waals surface area (Å²) in [5, 5.41) is 14.2. The summed E-state index contributed by atoms with van der Waals surface area (Å²) < 4.78 is 13.3. The highest BCUT2D eigenvalue weighted by molar-refractivity contribution is 7.98. The van der Waals surface area contributed by atoms with Crippen LogP contribution in [-0.2, 0) is 18.8 Å². The molecule has 0 N–H and O–H groups in total. The molecule has 0 saturated carbocycles. The molecule has 0 aliphatic carbocycles. The molecule has 34 heavy (non-hydrogen) atoms. The normalized spacial score (nSPS) is 11.0. The van der Waals surface area contributed by atoms with Crippen LogP contribution in [0, 0.1) is 0 Å². The molecule has 0 aliphatic rings. The highest BCUT2D eigenvalue weighted by Gasteiger charge is 2.17. The summed E-state index contributed by atoms with van der Waals surface area (Å²) in [6.07, 6.45) is 0.626. The van der Waals surface area contributed by atoms with Gasteiger partial charge in [0, 0.05) is 17.1 Å². The van der Waals surface area contributed by atoms with Gasteiger partial charge in [-0.25, -0.2) is 0 Å². The van der Waals surface area contributed by atoms with E-state index in [9.17, 15) is 0 Å². The van der Waals surface area contributed by atoms with E-state index >= 15 is 0 Å². The van der Waals surface area contributed by atoms with Gasteiger partial charge in [-0.1, -0.05) is 77.1 Å². The van der Waals surface area contributed by atoms with E-state index in [4.69, 9.17) is 20.9 Å². The van der Waals surface area contributed by atoms with Crippen molar-refractivity contribution in [2.24, 2.45) is 0 Å². The second-order valence-electron chi connectivity index (χ2n) is 7.37. The van der Waals surface area contributed by atoms with Crippen molar-refractivity contribution in [3.63, 3.8) is 0 Å². The third-order valence-corrected chi connectivity index (χ3v) is 6.10. The molecule has 7 nitrogen and oxygen atoms in total. The van der Waals surface area contributed by atoms with Gasteiger partial charge in [-0.3, -0.25) is 4.57 Å². The predicted molar refractivity (Wildman–Crippen MR) is 130 cm³/mol. The fourth-order valence-electron chi connectivity index (χ4n) is 3.33. The Hall–Kier alpha value is -3.62. The van der Waals surface area contributed by atoms with Crippen LogP contribution in [0.4, 0.5) is 0 Å². The number of hydrogen-bond acceptors (Lipinski definition) is 7. The Balaban J connectivity index is 1.31. The Bertz CT molecular complexity index is 1340. The monoisotopic (exact) mass is 489 g/mol. The highest BCUT2D eigenvalue weighted by atomic mass is 35.5. The van der Waals surface area contributed by atoms with Crippen LogP contribution in [-0.4, -0.2) is 24.9 Å². The van der Waals surface area contributed by atoms with E-state index in [0.717, 1.165) is 11.3 Å². The summed E-state index contributed by atoms with van der Waals surface area (Å²) in [5.74, 6) is 3.06. The zero-order valence-corrected chi connectivity index (χ0v) is 19.6. The minimum absolute atomic E-state index is 0.256. The molecule has 5 aromatic rings. The van der Waals surface area contributed by atoms with Crippen LogP contribution in [0.1, 0.15) is 23.1 Å². The van der Waals surface area contributed by atoms with Gasteiger partial charge in [0.15, 0.2) is 16.8 Å². The number of thioether (sulfide) groups is 1. The molecule has 0 spiro atoms. The van der Waals surface area contributed by atoms with Gasteiger partial charge in [0.2, 0.25) is 5.89 Å². The first-order valence-electron chi connectivity index (χ1n) is 10.6. The summed E-state index contributed by atoms with van der Waals surface area (Å²) in [6.45, 7) is 0.256. The van der Waals surface area contributed by atoms with Crippen LogP contribution in [0.2, 0.25) is 5.02 Å². The van der Waals surface area contributed by atoms with Crippen LogP contribution in [0.3, 0.4) is 0 Å². The van der Waals surface area contributed by atoms with E-state index in [0.29, 0.717) is 45.6 Å². The maximum Gasteiger partial charge on any atom is 0.237 e. The van der Waals surface area contributed by atoms with Crippen molar-refractivity contribution in [1.82, 2.24) is 24.9 Å². The third kappa shape index (κ3) is 5.47. The standard InChI is InChI=1S/C25H20ClN5O2S/c26-19-11-13-21(14-12-19)32-16-23-28-29-25(31(23)20-9-5-2-6-10-20)34-17-24-27-22(30-33-24)15-18-7-3-1-4-8-18/h1-14H,15-17H2. The number of hydrogen-bond donors (Lipinski definition) is 0. The topological polar surface area (TPSA) is 78.9 Å². The van der Waals surface area contributed by atoms with E-state index in [1.807, 2.05) is 77.4 Å². The van der Waals surface area contributed by atoms with Gasteiger partial charge in [0.05, 0.1) is 5.75 Å². The van der Waals surface area contributed by atoms with Crippen LogP contribution in [0.5, 0.6) is 5.75 Å². The Morgan fingerprint density at radius 1 is 0.882 bits per heavy atom. The maximum absolute atomic E-state index is 5.96. The molecule has 0 aliphatic heterocycles. The van der Waals surface area contributed by atoms with Crippen LogP contribution in [0.25, 0.3) is 5.69 Å². The molecule has 9 heteroatoms. The van der Waals surface area contributed by atoms with E-state index in [2.05, 4.69) is 20.3 Å². The number of para-hydroxylation sites is 1. The number of benzene rings is 3. The first kappa shape index (κ1) is 22.2. The Kier molecular flexibility index (Phi) is 6.88. The third-order valence-electron chi connectivity index (χ3n) is 4.94. The highest BCUT2D eigenvalue weighted by Crippen LogP contribution is 2.26. The molecular formula is C25H20ClN5O2S. The van der Waals surface area contributed by atoms with Crippen molar-refractivity contribution in [2.45, 2.75) is 23.9 Å². The van der Waals surface area contributed by atoms with Crippen molar-refractivity contribution in [1.29, 1.82) is 0 Å². The SMILES string of the molecule is Clc1ccc(OCc2nnc(SCc3nc(Cc4ccccc4)no3)n2-c2ccccc2)cc1.